The van der Waals surface area contributed by atoms with Crippen LogP contribution in [0.5, 0.6) is 5.75 Å². The highest BCUT2D eigenvalue weighted by Crippen LogP contribution is 2.23. The Kier molecular flexibility index (Phi) is 11.3. The van der Waals surface area contributed by atoms with Gasteiger partial charge in [-0.2, -0.15) is 0 Å². The van der Waals surface area contributed by atoms with Crippen molar-refractivity contribution in [3.05, 3.63) is 78.1 Å². The summed E-state index contributed by atoms with van der Waals surface area (Å²) in [5.41, 5.74) is 1.76. The molecule has 1 heterocycles. The monoisotopic (exact) mass is 576 g/mol. The molecule has 4 amide bonds. The van der Waals surface area contributed by atoms with Gasteiger partial charge in [0, 0.05) is 25.0 Å². The van der Waals surface area contributed by atoms with Crippen LogP contribution in [0.3, 0.4) is 0 Å². The molecule has 0 atom stereocenters. The van der Waals surface area contributed by atoms with Crippen molar-refractivity contribution in [2.24, 2.45) is 0 Å². The lowest BCUT2D eigenvalue weighted by Gasteiger charge is -2.24. The van der Waals surface area contributed by atoms with Crippen molar-refractivity contribution < 1.29 is 23.9 Å². The summed E-state index contributed by atoms with van der Waals surface area (Å²) in [5.74, 6) is 0.258. The van der Waals surface area contributed by atoms with Gasteiger partial charge in [-0.05, 0) is 95.9 Å². The van der Waals surface area contributed by atoms with Gasteiger partial charge in [0.05, 0.1) is 18.5 Å². The van der Waals surface area contributed by atoms with E-state index in [1.165, 1.54) is 0 Å². The third-order valence-corrected chi connectivity index (χ3v) is 5.90. The highest BCUT2D eigenvalue weighted by Gasteiger charge is 2.19. The van der Waals surface area contributed by atoms with E-state index in [9.17, 15) is 14.4 Å². The smallest absolute Gasteiger partial charge is 0.412 e. The summed E-state index contributed by atoms with van der Waals surface area (Å²) in [6, 6.07) is 17.1. The first kappa shape index (κ1) is 31.9. The highest BCUT2D eigenvalue weighted by atomic mass is 16.6. The van der Waals surface area contributed by atoms with Crippen LogP contribution in [0.4, 0.5) is 26.7 Å². The number of carbonyl (C=O) groups is 3. The predicted octanol–water partition coefficient (Wildman–Crippen LogP) is 5.68. The average molecular weight is 577 g/mol. The van der Waals surface area contributed by atoms with Gasteiger partial charge in [0.1, 0.15) is 17.0 Å². The van der Waals surface area contributed by atoms with Gasteiger partial charge in [-0.25, -0.2) is 9.59 Å². The second kappa shape index (κ2) is 14.8. The molecular formula is C31H40N6O5. The van der Waals surface area contributed by atoms with E-state index in [-0.39, 0.29) is 11.7 Å². The fraction of sp³-hybridized carbons (Fsp3) is 0.355. The van der Waals surface area contributed by atoms with E-state index in [2.05, 4.69) is 25.8 Å². The molecular weight excluding hydrogens is 536 g/mol. The van der Waals surface area contributed by atoms with Crippen LogP contribution in [-0.2, 0) is 11.3 Å². The molecule has 0 spiro atoms. The van der Waals surface area contributed by atoms with Gasteiger partial charge >= 0.3 is 12.1 Å². The summed E-state index contributed by atoms with van der Waals surface area (Å²) in [4.78, 5) is 46.5. The van der Waals surface area contributed by atoms with E-state index in [4.69, 9.17) is 9.47 Å². The number of aromatic nitrogens is 1. The molecule has 0 radical (unpaired) electrons. The second-order valence-electron chi connectivity index (χ2n) is 10.9. The number of amides is 4. The number of ether oxygens (including phenoxy) is 2. The lowest BCUT2D eigenvalue weighted by atomic mass is 10.2. The number of nitrogens with one attached hydrogen (secondary N) is 3. The standard InChI is InChI=1S/C31H40N6O5/c1-31(2,3)42-30(40)35-26-11-8-7-10-25(26)34-28(38)27-17-12-22(20-32-27)21-37(19-9-18-36(4)5)29(39)33-23-13-15-24(41-6)16-14-23/h7-8,10-17,20H,9,18-19,21H2,1-6H3,(H,33,39)(H,34,38)(H,35,40). The molecule has 0 aliphatic rings. The molecule has 0 aliphatic carbocycles. The van der Waals surface area contributed by atoms with Gasteiger partial charge in [0.2, 0.25) is 0 Å². The number of rotatable bonds is 11. The van der Waals surface area contributed by atoms with Crippen LogP contribution in [0.15, 0.2) is 66.9 Å². The highest BCUT2D eigenvalue weighted by molar-refractivity contribution is 6.05. The Bertz CT molecular complexity index is 1340. The molecule has 3 N–H and O–H groups in total. The summed E-state index contributed by atoms with van der Waals surface area (Å²) in [6.45, 7) is 6.98. The number of para-hydroxylation sites is 2. The number of urea groups is 1. The molecule has 224 valence electrons. The predicted molar refractivity (Wildman–Crippen MR) is 164 cm³/mol. The number of nitrogens with zero attached hydrogens (tertiary/aromatic N) is 3. The molecule has 11 heteroatoms. The zero-order valence-electron chi connectivity index (χ0n) is 25.1. The maximum absolute atomic E-state index is 13.2. The van der Waals surface area contributed by atoms with Gasteiger partial charge in [-0.15, -0.1) is 0 Å². The van der Waals surface area contributed by atoms with Gasteiger partial charge < -0.3 is 29.9 Å². The Labute approximate surface area is 247 Å². The number of pyridine rings is 1. The molecule has 3 rings (SSSR count). The fourth-order valence-electron chi connectivity index (χ4n) is 3.88. The lowest BCUT2D eigenvalue weighted by molar-refractivity contribution is 0.0635. The van der Waals surface area contributed by atoms with Crippen LogP contribution in [0, 0.1) is 0 Å². The normalized spacial score (nSPS) is 11.0. The third-order valence-electron chi connectivity index (χ3n) is 5.90. The van der Waals surface area contributed by atoms with Crippen LogP contribution in [-0.4, -0.2) is 72.7 Å². The SMILES string of the molecule is COc1ccc(NC(=O)N(CCCN(C)C)Cc2ccc(C(=O)Nc3ccccc3NC(=O)OC(C)(C)C)nc2)cc1. The van der Waals surface area contributed by atoms with Gasteiger partial charge in [-0.3, -0.25) is 15.1 Å². The molecule has 0 unspecified atom stereocenters. The molecule has 0 bridgehead atoms. The van der Waals surface area contributed by atoms with Gasteiger partial charge in [0.15, 0.2) is 0 Å². The number of methoxy groups -OCH3 is 1. The van der Waals surface area contributed by atoms with Crippen molar-refractivity contribution in [1.29, 1.82) is 0 Å². The minimum absolute atomic E-state index is 0.188. The topological polar surface area (TPSA) is 125 Å². The van der Waals surface area contributed by atoms with E-state index in [0.717, 1.165) is 18.5 Å². The molecule has 0 aliphatic heterocycles. The number of hydrogen-bond acceptors (Lipinski definition) is 7. The average Bonchev–Trinajstić information content (AvgIpc) is 2.93. The maximum atomic E-state index is 13.2. The molecule has 11 nitrogen and oxygen atoms in total. The molecule has 0 saturated carbocycles. The second-order valence-corrected chi connectivity index (χ2v) is 10.9. The van der Waals surface area contributed by atoms with E-state index in [1.54, 1.807) is 99.6 Å². The van der Waals surface area contributed by atoms with Gasteiger partial charge in [-0.1, -0.05) is 18.2 Å². The zero-order valence-corrected chi connectivity index (χ0v) is 25.1. The van der Waals surface area contributed by atoms with E-state index < -0.39 is 17.6 Å². The van der Waals surface area contributed by atoms with Crippen LogP contribution in [0.1, 0.15) is 43.2 Å². The molecule has 1 aromatic heterocycles. The maximum Gasteiger partial charge on any atom is 0.412 e. The molecule has 2 aromatic carbocycles. The number of anilines is 3. The summed E-state index contributed by atoms with van der Waals surface area (Å²) >= 11 is 0. The summed E-state index contributed by atoms with van der Waals surface area (Å²) in [7, 11) is 5.56. The van der Waals surface area contributed by atoms with E-state index >= 15 is 0 Å². The Hall–Kier alpha value is -4.64. The first-order valence-electron chi connectivity index (χ1n) is 13.6. The number of carbonyl (C=O) groups excluding carboxylic acids is 3. The van der Waals surface area contributed by atoms with Crippen molar-refractivity contribution in [3.63, 3.8) is 0 Å². The molecule has 3 aromatic rings. The van der Waals surface area contributed by atoms with Crippen molar-refractivity contribution in [3.8, 4) is 5.75 Å². The van der Waals surface area contributed by atoms with Crippen LogP contribution >= 0.6 is 0 Å². The Morgan fingerprint density at radius 3 is 2.10 bits per heavy atom. The Morgan fingerprint density at radius 2 is 1.52 bits per heavy atom. The van der Waals surface area contributed by atoms with E-state index in [1.807, 2.05) is 14.1 Å². The van der Waals surface area contributed by atoms with Crippen molar-refractivity contribution in [2.45, 2.75) is 39.3 Å². The summed E-state index contributed by atoms with van der Waals surface area (Å²) in [6.07, 6.45) is 1.74. The van der Waals surface area contributed by atoms with Crippen LogP contribution in [0.2, 0.25) is 0 Å². The molecule has 0 fully saturated rings. The van der Waals surface area contributed by atoms with Gasteiger partial charge in [0.25, 0.3) is 5.91 Å². The lowest BCUT2D eigenvalue weighted by Crippen LogP contribution is -2.36. The van der Waals surface area contributed by atoms with Crippen LogP contribution < -0.4 is 20.7 Å². The molecule has 0 saturated heterocycles. The Balaban J connectivity index is 1.67. The first-order chi connectivity index (χ1) is 19.9. The quantitative estimate of drug-likeness (QED) is 0.268. The fourth-order valence-corrected chi connectivity index (χ4v) is 3.88. The zero-order chi connectivity index (χ0) is 30.7. The van der Waals surface area contributed by atoms with Crippen molar-refractivity contribution >= 4 is 35.1 Å². The first-order valence-corrected chi connectivity index (χ1v) is 13.6. The number of hydrogen-bond donors (Lipinski definition) is 3. The van der Waals surface area contributed by atoms with Crippen molar-refractivity contribution in [2.75, 3.05) is 50.2 Å². The molecule has 42 heavy (non-hydrogen) atoms. The summed E-state index contributed by atoms with van der Waals surface area (Å²) < 4.78 is 10.5. The van der Waals surface area contributed by atoms with Crippen molar-refractivity contribution in [1.82, 2.24) is 14.8 Å². The third kappa shape index (κ3) is 10.4. The van der Waals surface area contributed by atoms with E-state index in [0.29, 0.717) is 35.9 Å². The van der Waals surface area contributed by atoms with Crippen LogP contribution in [0.25, 0.3) is 0 Å². The number of benzene rings is 2. The largest absolute Gasteiger partial charge is 0.497 e. The summed E-state index contributed by atoms with van der Waals surface area (Å²) in [5, 5.41) is 8.38. The minimum atomic E-state index is -0.660. The minimum Gasteiger partial charge on any atom is -0.497 e. The Morgan fingerprint density at radius 1 is 0.857 bits per heavy atom.